The Balaban J connectivity index is 0.00000167. The number of aromatic amines is 1. The van der Waals surface area contributed by atoms with Crippen LogP contribution in [0.2, 0.25) is 0 Å². The van der Waals surface area contributed by atoms with Crippen LogP contribution >= 0.6 is 0 Å². The molecule has 2 N–H and O–H groups in total. The zero-order valence-corrected chi connectivity index (χ0v) is 20.5. The number of likely N-dealkylation sites (N-methyl/N-ethyl adjacent to an activating group) is 1. The number of aliphatic imine (C=N–C) groups is 1. The number of allylic oxidation sites excluding steroid dienone is 8. The molecule has 1 unspecified atom stereocenters. The maximum Gasteiger partial charge on any atom is 0.248 e. The number of amides is 1. The van der Waals surface area contributed by atoms with Crippen molar-refractivity contribution in [3.8, 4) is 12.8 Å². The summed E-state index contributed by atoms with van der Waals surface area (Å²) in [5.41, 5.74) is 5.90. The van der Waals surface area contributed by atoms with E-state index in [1.165, 1.54) is 0 Å². The summed E-state index contributed by atoms with van der Waals surface area (Å²) in [5, 5.41) is 4.19. The zero-order valence-electron chi connectivity index (χ0n) is 20.5. The van der Waals surface area contributed by atoms with Gasteiger partial charge in [0.2, 0.25) is 5.91 Å². The summed E-state index contributed by atoms with van der Waals surface area (Å²) in [5.74, 6) is -0.0397. The molecule has 1 atom stereocenters. The van der Waals surface area contributed by atoms with E-state index >= 15 is 0 Å². The minimum atomic E-state index is -0.0489. The van der Waals surface area contributed by atoms with Crippen LogP contribution < -0.4 is 5.32 Å². The van der Waals surface area contributed by atoms with Gasteiger partial charge in [0.25, 0.3) is 0 Å². The van der Waals surface area contributed by atoms with Gasteiger partial charge in [-0.3, -0.25) is 9.79 Å². The van der Waals surface area contributed by atoms with Gasteiger partial charge in [-0.05, 0) is 37.1 Å². The molecule has 1 aromatic carbocycles. The maximum absolute atomic E-state index is 12.9. The molecular weight excluding hydrogens is 432 g/mol. The number of para-hydroxylation sites is 1. The second-order valence-electron chi connectivity index (χ2n) is 8.40. The van der Waals surface area contributed by atoms with E-state index in [9.17, 15) is 4.79 Å². The fourth-order valence-electron chi connectivity index (χ4n) is 3.92. The summed E-state index contributed by atoms with van der Waals surface area (Å²) in [6, 6.07) is 8.10. The molecule has 5 heteroatoms. The van der Waals surface area contributed by atoms with Gasteiger partial charge in [0.05, 0.1) is 12.6 Å². The van der Waals surface area contributed by atoms with Crippen LogP contribution in [-0.2, 0) is 11.3 Å². The smallest absolute Gasteiger partial charge is 0.248 e. The van der Waals surface area contributed by atoms with Crippen molar-refractivity contribution in [1.82, 2.24) is 15.2 Å². The Morgan fingerprint density at radius 2 is 1.97 bits per heavy atom. The second-order valence-corrected chi connectivity index (χ2v) is 8.40. The molecule has 178 valence electrons. The molecular formula is C30H32N4O. The molecule has 35 heavy (non-hydrogen) atoms. The maximum atomic E-state index is 12.9. The van der Waals surface area contributed by atoms with Gasteiger partial charge in [0.15, 0.2) is 0 Å². The summed E-state index contributed by atoms with van der Waals surface area (Å²) >= 11 is 0. The fourth-order valence-corrected chi connectivity index (χ4v) is 3.92. The lowest BCUT2D eigenvalue weighted by molar-refractivity contribution is -0.117. The van der Waals surface area contributed by atoms with Crippen molar-refractivity contribution in [2.45, 2.75) is 25.9 Å². The Bertz CT molecular complexity index is 1290. The molecule has 4 rings (SSSR count). The third-order valence-corrected chi connectivity index (χ3v) is 5.85. The molecule has 0 spiro atoms. The van der Waals surface area contributed by atoms with E-state index in [1.54, 1.807) is 0 Å². The molecule has 1 aromatic heterocycles. The normalized spacial score (nSPS) is 17.1. The van der Waals surface area contributed by atoms with E-state index in [4.69, 9.17) is 4.99 Å². The first kappa shape index (κ1) is 25.3. The number of H-pyrrole nitrogens is 1. The number of hydrogen-bond donors (Lipinski definition) is 2. The van der Waals surface area contributed by atoms with E-state index < -0.39 is 0 Å². The highest BCUT2D eigenvalue weighted by Crippen LogP contribution is 2.22. The Labute approximate surface area is 208 Å². The number of nitrogens with zero attached hydrogens (tertiary/aromatic N) is 2. The predicted molar refractivity (Wildman–Crippen MR) is 147 cm³/mol. The monoisotopic (exact) mass is 464 g/mol. The van der Waals surface area contributed by atoms with Gasteiger partial charge in [0, 0.05) is 53.7 Å². The molecule has 1 amide bonds. The van der Waals surface area contributed by atoms with E-state index in [-0.39, 0.29) is 11.9 Å². The lowest BCUT2D eigenvalue weighted by Crippen LogP contribution is -2.25. The van der Waals surface area contributed by atoms with Gasteiger partial charge >= 0.3 is 0 Å². The van der Waals surface area contributed by atoms with Crippen LogP contribution in [0, 0.1) is 12.8 Å². The van der Waals surface area contributed by atoms with Crippen LogP contribution in [0.4, 0.5) is 0 Å². The molecule has 0 bridgehead atoms. The summed E-state index contributed by atoms with van der Waals surface area (Å²) in [6.07, 6.45) is 28.8. The van der Waals surface area contributed by atoms with Crippen molar-refractivity contribution in [1.29, 1.82) is 0 Å². The van der Waals surface area contributed by atoms with Crippen LogP contribution in [-0.4, -0.2) is 42.1 Å². The third kappa shape index (κ3) is 6.39. The summed E-state index contributed by atoms with van der Waals surface area (Å²) in [7, 11) is 4.05. The molecule has 0 saturated heterocycles. The minimum Gasteiger partial charge on any atom is -0.378 e. The molecule has 0 radical (unpaired) electrons. The summed E-state index contributed by atoms with van der Waals surface area (Å²) in [6.45, 7) is 2.38. The Morgan fingerprint density at radius 3 is 2.77 bits per heavy atom. The van der Waals surface area contributed by atoms with Crippen molar-refractivity contribution in [2.24, 2.45) is 4.99 Å². The number of carbonyl (C=O) groups excluding carboxylic acids is 1. The van der Waals surface area contributed by atoms with E-state index in [1.807, 2.05) is 75.8 Å². The number of rotatable bonds is 6. The van der Waals surface area contributed by atoms with E-state index in [0.29, 0.717) is 13.0 Å². The van der Waals surface area contributed by atoms with Crippen LogP contribution in [0.1, 0.15) is 24.6 Å². The van der Waals surface area contributed by atoms with Crippen molar-refractivity contribution >= 4 is 23.0 Å². The molecule has 0 saturated carbocycles. The minimum absolute atomic E-state index is 0.0397. The quantitative estimate of drug-likeness (QED) is 0.455. The van der Waals surface area contributed by atoms with Gasteiger partial charge < -0.3 is 15.2 Å². The van der Waals surface area contributed by atoms with E-state index in [0.717, 1.165) is 39.0 Å². The third-order valence-electron chi connectivity index (χ3n) is 5.85. The number of terminal acetylenes is 1. The molecule has 2 aliphatic rings. The Morgan fingerprint density at radius 1 is 1.17 bits per heavy atom. The van der Waals surface area contributed by atoms with Crippen molar-refractivity contribution in [2.75, 3.05) is 14.1 Å². The van der Waals surface area contributed by atoms with Crippen LogP contribution in [0.3, 0.4) is 0 Å². The second kappa shape index (κ2) is 12.2. The first-order valence-electron chi connectivity index (χ1n) is 11.5. The standard InChI is InChI=1S/C28H30N4O.C2H2/c1-20-10-5-4-6-13-23(20)28(33)30-19-27-25(24-14-7-8-15-26(24)31-27)18-29-21-11-9-12-22(17-16-21)32(2)3;1-2/h4-12,14-18,21,31H,13,19H2,1-3H3,(H,30,33);1-2H. The number of benzene rings is 1. The Kier molecular flexibility index (Phi) is 8.86. The highest BCUT2D eigenvalue weighted by molar-refractivity contribution is 6.01. The van der Waals surface area contributed by atoms with Crippen molar-refractivity contribution < 1.29 is 4.79 Å². The molecule has 2 aliphatic carbocycles. The molecule has 1 heterocycles. The highest BCUT2D eigenvalue weighted by atomic mass is 16.1. The average molecular weight is 465 g/mol. The molecule has 0 fully saturated rings. The van der Waals surface area contributed by atoms with Crippen LogP contribution in [0.25, 0.3) is 10.9 Å². The first-order valence-corrected chi connectivity index (χ1v) is 11.5. The molecule has 0 aliphatic heterocycles. The van der Waals surface area contributed by atoms with Crippen molar-refractivity contribution in [3.63, 3.8) is 0 Å². The fraction of sp³-hybridized carbons (Fsp3) is 0.200. The first-order chi connectivity index (χ1) is 17.0. The van der Waals surface area contributed by atoms with Crippen LogP contribution in [0.15, 0.2) is 101 Å². The van der Waals surface area contributed by atoms with Gasteiger partial charge in [-0.25, -0.2) is 0 Å². The SMILES string of the molecule is C#C.CC1=C(C(=O)NCc2[nH]c3ccccc3c2C=NC2C=CC=C(N(C)C)C=C2)CC=CC=C1. The summed E-state index contributed by atoms with van der Waals surface area (Å²) in [4.78, 5) is 23.2. The number of fused-ring (bicyclic) bond motifs is 1. The Hall–Kier alpha value is -4.30. The van der Waals surface area contributed by atoms with Gasteiger partial charge in [-0.15, -0.1) is 12.8 Å². The largest absolute Gasteiger partial charge is 0.378 e. The number of nitrogens with one attached hydrogen (secondary N) is 2. The lowest BCUT2D eigenvalue weighted by Gasteiger charge is -2.12. The van der Waals surface area contributed by atoms with Gasteiger partial charge in [-0.2, -0.15) is 0 Å². The van der Waals surface area contributed by atoms with Crippen molar-refractivity contribution in [3.05, 3.63) is 107 Å². The summed E-state index contributed by atoms with van der Waals surface area (Å²) < 4.78 is 0. The average Bonchev–Trinajstić information content (AvgIpc) is 3.01. The van der Waals surface area contributed by atoms with Gasteiger partial charge in [0.1, 0.15) is 0 Å². The van der Waals surface area contributed by atoms with Gasteiger partial charge in [-0.1, -0.05) is 60.7 Å². The van der Waals surface area contributed by atoms with Crippen LogP contribution in [0.5, 0.6) is 0 Å². The highest BCUT2D eigenvalue weighted by Gasteiger charge is 2.15. The predicted octanol–water partition coefficient (Wildman–Crippen LogP) is 5.23. The molecule has 2 aromatic rings. The number of hydrogen-bond acceptors (Lipinski definition) is 3. The molecule has 5 nitrogen and oxygen atoms in total. The zero-order chi connectivity index (χ0) is 25.2. The van der Waals surface area contributed by atoms with E-state index in [2.05, 4.69) is 58.4 Å². The lowest BCUT2D eigenvalue weighted by atomic mass is 10.1. The topological polar surface area (TPSA) is 60.5 Å². The number of aromatic nitrogens is 1. The number of carbonyl (C=O) groups is 1.